The Kier molecular flexibility index (Phi) is 3.01. The van der Waals surface area contributed by atoms with Crippen LogP contribution >= 0.6 is 0 Å². The zero-order chi connectivity index (χ0) is 15.8. The molecule has 0 fully saturated rings. The predicted octanol–water partition coefficient (Wildman–Crippen LogP) is 2.77. The van der Waals surface area contributed by atoms with Crippen LogP contribution in [0.15, 0.2) is 55.0 Å². The Hall–Kier alpha value is -3.28. The van der Waals surface area contributed by atoms with Gasteiger partial charge in [-0.3, -0.25) is 9.78 Å². The summed E-state index contributed by atoms with van der Waals surface area (Å²) in [7, 11) is 1.92. The molecular weight excluding hydrogens is 290 g/mol. The molecule has 0 aliphatic heterocycles. The van der Waals surface area contributed by atoms with Crippen LogP contribution in [0.5, 0.6) is 0 Å². The van der Waals surface area contributed by atoms with Crippen LogP contribution in [0.3, 0.4) is 0 Å². The van der Waals surface area contributed by atoms with E-state index in [4.69, 9.17) is 0 Å². The van der Waals surface area contributed by atoms with Gasteiger partial charge in [-0.05, 0) is 30.3 Å². The van der Waals surface area contributed by atoms with Gasteiger partial charge in [-0.15, -0.1) is 0 Å². The number of hydrogen-bond donors (Lipinski definition) is 1. The minimum atomic E-state index is -0.234. The van der Waals surface area contributed by atoms with E-state index in [2.05, 4.69) is 20.3 Å². The van der Waals surface area contributed by atoms with Gasteiger partial charge >= 0.3 is 0 Å². The lowest BCUT2D eigenvalue weighted by atomic mass is 10.2. The van der Waals surface area contributed by atoms with Crippen molar-refractivity contribution in [2.45, 2.75) is 0 Å². The number of para-hydroxylation sites is 2. The molecule has 1 N–H and O–H groups in total. The molecule has 0 bridgehead atoms. The maximum Gasteiger partial charge on any atom is 0.256 e. The summed E-state index contributed by atoms with van der Waals surface area (Å²) in [5.74, 6) is 0.192. The number of rotatable bonds is 2. The summed E-state index contributed by atoms with van der Waals surface area (Å²) in [6.45, 7) is 0. The molecule has 0 spiro atoms. The molecule has 112 valence electrons. The molecule has 0 atom stereocenters. The number of amides is 1. The highest BCUT2D eigenvalue weighted by Crippen LogP contribution is 2.16. The van der Waals surface area contributed by atoms with Crippen molar-refractivity contribution >= 4 is 33.8 Å². The second-order valence-corrected chi connectivity index (χ2v) is 5.26. The molecule has 0 saturated carbocycles. The molecule has 6 heteroatoms. The lowest BCUT2D eigenvalue weighted by molar-refractivity contribution is 0.102. The predicted molar refractivity (Wildman–Crippen MR) is 88.2 cm³/mol. The molecule has 0 aliphatic rings. The van der Waals surface area contributed by atoms with Gasteiger partial charge in [0.15, 0.2) is 5.82 Å². The van der Waals surface area contributed by atoms with Crippen LogP contribution < -0.4 is 5.32 Å². The van der Waals surface area contributed by atoms with Crippen molar-refractivity contribution in [3.63, 3.8) is 0 Å². The number of fused-ring (bicyclic) bond motifs is 2. The van der Waals surface area contributed by atoms with Crippen LogP contribution in [-0.4, -0.2) is 25.4 Å². The van der Waals surface area contributed by atoms with E-state index >= 15 is 0 Å². The molecule has 0 saturated heterocycles. The second-order valence-electron chi connectivity index (χ2n) is 5.26. The molecule has 0 radical (unpaired) electrons. The van der Waals surface area contributed by atoms with Crippen molar-refractivity contribution in [1.29, 1.82) is 0 Å². The number of anilines is 1. The molecule has 0 aliphatic carbocycles. The standard InChI is InChI=1S/C17H13N5O/c1-22-10-19-14-8-11(6-7-15(14)22)17(23)21-16-9-18-12-4-2-3-5-13(12)20-16/h2-10H,1H3,(H,20,21,23). The average molecular weight is 303 g/mol. The van der Waals surface area contributed by atoms with Crippen molar-refractivity contribution < 1.29 is 4.79 Å². The van der Waals surface area contributed by atoms with E-state index in [1.165, 1.54) is 0 Å². The summed E-state index contributed by atoms with van der Waals surface area (Å²) in [5.41, 5.74) is 3.83. The van der Waals surface area contributed by atoms with Crippen LogP contribution in [0.1, 0.15) is 10.4 Å². The number of benzene rings is 2. The summed E-state index contributed by atoms with van der Waals surface area (Å²) in [6.07, 6.45) is 3.28. The fourth-order valence-corrected chi connectivity index (χ4v) is 2.48. The lowest BCUT2D eigenvalue weighted by Gasteiger charge is -2.05. The zero-order valence-corrected chi connectivity index (χ0v) is 12.4. The topological polar surface area (TPSA) is 72.7 Å². The molecule has 2 aromatic heterocycles. The number of imidazole rings is 1. The van der Waals surface area contributed by atoms with Gasteiger partial charge in [0.05, 0.1) is 34.6 Å². The average Bonchev–Trinajstić information content (AvgIpc) is 2.95. The van der Waals surface area contributed by atoms with Gasteiger partial charge in [-0.2, -0.15) is 0 Å². The number of aromatic nitrogens is 4. The van der Waals surface area contributed by atoms with Crippen LogP contribution in [0.4, 0.5) is 5.82 Å². The lowest BCUT2D eigenvalue weighted by Crippen LogP contribution is -2.13. The first kappa shape index (κ1) is 13.4. The fourth-order valence-electron chi connectivity index (χ4n) is 2.48. The molecule has 2 aromatic carbocycles. The third kappa shape index (κ3) is 2.40. The minimum Gasteiger partial charge on any atom is -0.334 e. The zero-order valence-electron chi connectivity index (χ0n) is 12.4. The summed E-state index contributed by atoms with van der Waals surface area (Å²) in [5, 5.41) is 2.77. The summed E-state index contributed by atoms with van der Waals surface area (Å²) in [4.78, 5) is 25.3. The highest BCUT2D eigenvalue weighted by molar-refractivity contribution is 6.05. The summed E-state index contributed by atoms with van der Waals surface area (Å²) >= 11 is 0. The second kappa shape index (κ2) is 5.17. The first-order valence-electron chi connectivity index (χ1n) is 7.15. The van der Waals surface area contributed by atoms with Crippen molar-refractivity contribution in [3.8, 4) is 0 Å². The smallest absolute Gasteiger partial charge is 0.256 e. The summed E-state index contributed by atoms with van der Waals surface area (Å²) in [6, 6.07) is 12.9. The number of nitrogens with zero attached hydrogens (tertiary/aromatic N) is 4. The molecule has 0 unspecified atom stereocenters. The van der Waals surface area contributed by atoms with Gasteiger partial charge in [0, 0.05) is 12.6 Å². The third-order valence-electron chi connectivity index (χ3n) is 3.68. The van der Waals surface area contributed by atoms with Crippen molar-refractivity contribution in [1.82, 2.24) is 19.5 Å². The van der Waals surface area contributed by atoms with E-state index in [0.717, 1.165) is 22.1 Å². The normalized spacial score (nSPS) is 11.0. The monoisotopic (exact) mass is 303 g/mol. The van der Waals surface area contributed by atoms with Crippen LogP contribution in [0.2, 0.25) is 0 Å². The Bertz CT molecular complexity index is 1040. The Morgan fingerprint density at radius 1 is 1.04 bits per heavy atom. The number of aryl methyl sites for hydroxylation is 1. The largest absolute Gasteiger partial charge is 0.334 e. The van der Waals surface area contributed by atoms with Gasteiger partial charge in [0.25, 0.3) is 5.91 Å². The molecule has 23 heavy (non-hydrogen) atoms. The number of hydrogen-bond acceptors (Lipinski definition) is 4. The minimum absolute atomic E-state index is 0.234. The maximum atomic E-state index is 12.4. The molecule has 6 nitrogen and oxygen atoms in total. The van der Waals surface area contributed by atoms with Crippen molar-refractivity contribution in [2.24, 2.45) is 7.05 Å². The van der Waals surface area contributed by atoms with Gasteiger partial charge < -0.3 is 9.88 Å². The Balaban J connectivity index is 1.64. The number of nitrogens with one attached hydrogen (secondary N) is 1. The summed E-state index contributed by atoms with van der Waals surface area (Å²) < 4.78 is 1.91. The maximum absolute atomic E-state index is 12.4. The molecule has 1 amide bonds. The Morgan fingerprint density at radius 3 is 2.74 bits per heavy atom. The van der Waals surface area contributed by atoms with E-state index < -0.39 is 0 Å². The highest BCUT2D eigenvalue weighted by Gasteiger charge is 2.10. The van der Waals surface area contributed by atoms with Crippen LogP contribution in [0, 0.1) is 0 Å². The van der Waals surface area contributed by atoms with E-state index in [9.17, 15) is 4.79 Å². The van der Waals surface area contributed by atoms with E-state index in [1.54, 1.807) is 24.7 Å². The number of carbonyl (C=O) groups excluding carboxylic acids is 1. The Morgan fingerprint density at radius 2 is 1.87 bits per heavy atom. The highest BCUT2D eigenvalue weighted by atomic mass is 16.1. The first-order chi connectivity index (χ1) is 11.2. The first-order valence-corrected chi connectivity index (χ1v) is 7.15. The Labute approximate surface area is 131 Å². The molecule has 4 aromatic rings. The van der Waals surface area contributed by atoms with Gasteiger partial charge in [-0.1, -0.05) is 12.1 Å². The molecule has 2 heterocycles. The molecule has 4 rings (SSSR count). The van der Waals surface area contributed by atoms with Gasteiger partial charge in [0.2, 0.25) is 0 Å². The fraction of sp³-hybridized carbons (Fsp3) is 0.0588. The van der Waals surface area contributed by atoms with Crippen molar-refractivity contribution in [2.75, 3.05) is 5.32 Å². The quantitative estimate of drug-likeness (QED) is 0.618. The van der Waals surface area contributed by atoms with E-state index in [1.807, 2.05) is 41.9 Å². The van der Waals surface area contributed by atoms with Crippen LogP contribution in [-0.2, 0) is 7.05 Å². The van der Waals surface area contributed by atoms with Gasteiger partial charge in [-0.25, -0.2) is 9.97 Å². The van der Waals surface area contributed by atoms with Crippen molar-refractivity contribution in [3.05, 3.63) is 60.6 Å². The third-order valence-corrected chi connectivity index (χ3v) is 3.68. The SMILES string of the molecule is Cn1cnc2cc(C(=O)Nc3cnc4ccccc4n3)ccc21. The van der Waals surface area contributed by atoms with Crippen LogP contribution in [0.25, 0.3) is 22.1 Å². The van der Waals surface area contributed by atoms with E-state index in [-0.39, 0.29) is 5.91 Å². The van der Waals surface area contributed by atoms with Gasteiger partial charge in [0.1, 0.15) is 0 Å². The number of carbonyl (C=O) groups is 1. The molecular formula is C17H13N5O. The van der Waals surface area contributed by atoms with E-state index in [0.29, 0.717) is 11.4 Å².